The van der Waals surface area contributed by atoms with Crippen LogP contribution in [0.2, 0.25) is 0 Å². The fourth-order valence-electron chi connectivity index (χ4n) is 1.88. The topological polar surface area (TPSA) is 71.4 Å². The molecule has 1 aliphatic rings. The predicted molar refractivity (Wildman–Crippen MR) is 73.9 cm³/mol. The SMILES string of the molecule is CSCC[C@H](N)c1nc(N2CCN(C)CC2)no1. The molecule has 6 nitrogen and oxygen atoms in total. The minimum atomic E-state index is -0.147. The second-order valence-electron chi connectivity index (χ2n) is 4.61. The molecule has 0 bridgehead atoms. The molecule has 1 aromatic rings. The highest BCUT2D eigenvalue weighted by atomic mass is 32.2. The molecule has 0 unspecified atom stereocenters. The zero-order valence-corrected chi connectivity index (χ0v) is 11.8. The fourth-order valence-corrected chi connectivity index (χ4v) is 2.37. The number of nitrogens with two attached hydrogens (primary N) is 1. The molecule has 1 fully saturated rings. The molecule has 102 valence electrons. The number of thioether (sulfide) groups is 1. The average molecular weight is 271 g/mol. The van der Waals surface area contributed by atoms with Crippen molar-refractivity contribution >= 4 is 17.7 Å². The first-order valence-electron chi connectivity index (χ1n) is 6.22. The van der Waals surface area contributed by atoms with Gasteiger partial charge in [-0.2, -0.15) is 16.7 Å². The van der Waals surface area contributed by atoms with Gasteiger partial charge in [-0.3, -0.25) is 0 Å². The van der Waals surface area contributed by atoms with E-state index in [1.807, 2.05) is 0 Å². The first-order valence-corrected chi connectivity index (χ1v) is 7.61. The lowest BCUT2D eigenvalue weighted by Crippen LogP contribution is -2.44. The van der Waals surface area contributed by atoms with Crippen LogP contribution in [0.25, 0.3) is 0 Å². The number of nitrogens with zero attached hydrogens (tertiary/aromatic N) is 4. The summed E-state index contributed by atoms with van der Waals surface area (Å²) >= 11 is 1.77. The molecule has 0 radical (unpaired) electrons. The van der Waals surface area contributed by atoms with Gasteiger partial charge in [0, 0.05) is 26.2 Å². The molecule has 0 aliphatic carbocycles. The summed E-state index contributed by atoms with van der Waals surface area (Å²) < 4.78 is 5.25. The van der Waals surface area contributed by atoms with Crippen molar-refractivity contribution in [3.05, 3.63) is 5.89 Å². The second-order valence-corrected chi connectivity index (χ2v) is 5.60. The van der Waals surface area contributed by atoms with Crippen molar-refractivity contribution in [1.29, 1.82) is 0 Å². The van der Waals surface area contributed by atoms with E-state index in [2.05, 4.69) is 33.2 Å². The predicted octanol–water partition coefficient (Wildman–Crippen LogP) is 0.574. The molecular weight excluding hydrogens is 250 g/mol. The minimum absolute atomic E-state index is 0.147. The Kier molecular flexibility index (Phi) is 4.85. The van der Waals surface area contributed by atoms with Crippen LogP contribution in [0.3, 0.4) is 0 Å². The van der Waals surface area contributed by atoms with Gasteiger partial charge in [0.25, 0.3) is 5.95 Å². The normalized spacial score (nSPS) is 19.2. The first kappa shape index (κ1) is 13.6. The molecule has 1 aliphatic heterocycles. The maximum absolute atomic E-state index is 6.01. The standard InChI is InChI=1S/C11H21N5OS/c1-15-4-6-16(7-5-15)11-13-10(17-14-11)9(12)3-8-18-2/h9H,3-8,12H2,1-2H3/t9-/m0/s1. The van der Waals surface area contributed by atoms with Gasteiger partial charge in [0.1, 0.15) is 0 Å². The zero-order chi connectivity index (χ0) is 13.0. The van der Waals surface area contributed by atoms with Crippen LogP contribution in [0, 0.1) is 0 Å². The Morgan fingerprint density at radius 2 is 2.11 bits per heavy atom. The molecule has 2 rings (SSSR count). The molecule has 18 heavy (non-hydrogen) atoms. The van der Waals surface area contributed by atoms with Crippen LogP contribution >= 0.6 is 11.8 Å². The molecule has 2 heterocycles. The summed E-state index contributed by atoms with van der Waals surface area (Å²) in [6.45, 7) is 3.94. The molecule has 1 atom stereocenters. The monoisotopic (exact) mass is 271 g/mol. The average Bonchev–Trinajstić information content (AvgIpc) is 2.86. The minimum Gasteiger partial charge on any atom is -0.336 e. The van der Waals surface area contributed by atoms with Gasteiger partial charge in [0.05, 0.1) is 6.04 Å². The summed E-state index contributed by atoms with van der Waals surface area (Å²) in [5.41, 5.74) is 6.01. The van der Waals surface area contributed by atoms with Gasteiger partial charge in [-0.15, -0.1) is 0 Å². The van der Waals surface area contributed by atoms with Crippen molar-refractivity contribution in [2.24, 2.45) is 5.73 Å². The van der Waals surface area contributed by atoms with Crippen molar-refractivity contribution in [3.8, 4) is 0 Å². The zero-order valence-electron chi connectivity index (χ0n) is 11.0. The van der Waals surface area contributed by atoms with E-state index >= 15 is 0 Å². The van der Waals surface area contributed by atoms with Crippen LogP contribution in [0.4, 0.5) is 5.95 Å². The Morgan fingerprint density at radius 3 is 2.78 bits per heavy atom. The Labute approximate surface area is 112 Å². The third-order valence-corrected chi connectivity index (χ3v) is 3.81. The lowest BCUT2D eigenvalue weighted by atomic mass is 10.2. The number of hydrogen-bond acceptors (Lipinski definition) is 7. The van der Waals surface area contributed by atoms with Gasteiger partial charge >= 0.3 is 0 Å². The van der Waals surface area contributed by atoms with Crippen LogP contribution in [-0.2, 0) is 0 Å². The van der Waals surface area contributed by atoms with Crippen LogP contribution < -0.4 is 10.6 Å². The van der Waals surface area contributed by atoms with E-state index in [-0.39, 0.29) is 6.04 Å². The van der Waals surface area contributed by atoms with Crippen LogP contribution in [0.5, 0.6) is 0 Å². The Hall–Kier alpha value is -0.790. The highest BCUT2D eigenvalue weighted by Gasteiger charge is 2.21. The van der Waals surface area contributed by atoms with E-state index in [1.165, 1.54) is 0 Å². The van der Waals surface area contributed by atoms with E-state index in [9.17, 15) is 0 Å². The van der Waals surface area contributed by atoms with E-state index in [1.54, 1.807) is 11.8 Å². The maximum Gasteiger partial charge on any atom is 0.266 e. The summed E-state index contributed by atoms with van der Waals surface area (Å²) in [7, 11) is 2.12. The van der Waals surface area contributed by atoms with Gasteiger partial charge < -0.3 is 20.1 Å². The summed E-state index contributed by atoms with van der Waals surface area (Å²) in [6, 6.07) is -0.147. The van der Waals surface area contributed by atoms with Gasteiger partial charge in [-0.05, 0) is 30.6 Å². The fraction of sp³-hybridized carbons (Fsp3) is 0.818. The number of likely N-dealkylation sites (N-methyl/N-ethyl adjacent to an activating group) is 1. The van der Waals surface area contributed by atoms with Gasteiger partial charge in [0.15, 0.2) is 0 Å². The number of rotatable bonds is 5. The number of anilines is 1. The van der Waals surface area contributed by atoms with Crippen molar-refractivity contribution in [2.75, 3.05) is 50.1 Å². The molecule has 0 spiro atoms. The van der Waals surface area contributed by atoms with Crippen LogP contribution in [0.1, 0.15) is 18.4 Å². The van der Waals surface area contributed by atoms with Crippen LogP contribution in [0.15, 0.2) is 4.52 Å². The summed E-state index contributed by atoms with van der Waals surface area (Å²) in [5, 5.41) is 4.03. The number of hydrogen-bond donors (Lipinski definition) is 1. The smallest absolute Gasteiger partial charge is 0.266 e. The lowest BCUT2D eigenvalue weighted by molar-refractivity contribution is 0.308. The highest BCUT2D eigenvalue weighted by molar-refractivity contribution is 7.98. The number of aromatic nitrogens is 2. The van der Waals surface area contributed by atoms with Crippen molar-refractivity contribution in [1.82, 2.24) is 15.0 Å². The molecular formula is C11H21N5OS. The van der Waals surface area contributed by atoms with Crippen molar-refractivity contribution < 1.29 is 4.52 Å². The molecule has 2 N–H and O–H groups in total. The Bertz CT molecular complexity index is 364. The van der Waals surface area contributed by atoms with Crippen molar-refractivity contribution in [2.45, 2.75) is 12.5 Å². The van der Waals surface area contributed by atoms with Crippen LogP contribution in [-0.4, -0.2) is 60.3 Å². The summed E-state index contributed by atoms with van der Waals surface area (Å²) in [4.78, 5) is 8.85. The third-order valence-electron chi connectivity index (χ3n) is 3.17. The summed E-state index contributed by atoms with van der Waals surface area (Å²) in [6.07, 6.45) is 2.93. The molecule has 1 saturated heterocycles. The Balaban J connectivity index is 1.93. The molecule has 7 heteroatoms. The molecule has 0 amide bonds. The van der Waals surface area contributed by atoms with E-state index in [0.717, 1.165) is 38.4 Å². The van der Waals surface area contributed by atoms with Gasteiger partial charge in [0.2, 0.25) is 5.89 Å². The quantitative estimate of drug-likeness (QED) is 0.839. The van der Waals surface area contributed by atoms with E-state index in [4.69, 9.17) is 10.3 Å². The molecule has 0 saturated carbocycles. The van der Waals surface area contributed by atoms with E-state index < -0.39 is 0 Å². The largest absolute Gasteiger partial charge is 0.336 e. The van der Waals surface area contributed by atoms with Crippen molar-refractivity contribution in [3.63, 3.8) is 0 Å². The maximum atomic E-state index is 6.01. The van der Waals surface area contributed by atoms with E-state index in [0.29, 0.717) is 11.8 Å². The first-order chi connectivity index (χ1) is 8.70. The number of piperazine rings is 1. The Morgan fingerprint density at radius 1 is 1.39 bits per heavy atom. The third kappa shape index (κ3) is 3.37. The van der Waals surface area contributed by atoms with Gasteiger partial charge in [-0.1, -0.05) is 0 Å². The molecule has 1 aromatic heterocycles. The summed E-state index contributed by atoms with van der Waals surface area (Å²) in [5.74, 6) is 2.24. The second kappa shape index (κ2) is 6.40. The molecule has 0 aromatic carbocycles. The highest BCUT2D eigenvalue weighted by Crippen LogP contribution is 2.18. The van der Waals surface area contributed by atoms with Gasteiger partial charge in [-0.25, -0.2) is 0 Å². The lowest BCUT2D eigenvalue weighted by Gasteiger charge is -2.31.